The number of nitrogens with zero attached hydrogens (tertiary/aromatic N) is 2. The van der Waals surface area contributed by atoms with Crippen molar-refractivity contribution in [2.24, 2.45) is 34.3 Å². The first-order valence-electron chi connectivity index (χ1n) is 16.4. The number of ketones is 1. The fourth-order valence-electron chi connectivity index (χ4n) is 6.06. The van der Waals surface area contributed by atoms with Crippen molar-refractivity contribution in [1.82, 2.24) is 25.8 Å². The number of Topliss-reactive ketones (excluding diaryl/α,β-unsaturated/α-hetero) is 1. The summed E-state index contributed by atoms with van der Waals surface area (Å²) < 4.78 is 0. The van der Waals surface area contributed by atoms with Gasteiger partial charge < -0.3 is 31.5 Å². The largest absolute Gasteiger partial charge is 0.363 e. The highest BCUT2D eigenvalue weighted by Crippen LogP contribution is 2.34. The number of likely N-dealkylation sites (tertiary alicyclic amines) is 1. The third kappa shape index (κ3) is 10.4. The van der Waals surface area contributed by atoms with Crippen LogP contribution in [0.15, 0.2) is 0 Å². The molecule has 0 aromatic carbocycles. The Bertz CT molecular complexity index is 1110. The van der Waals surface area contributed by atoms with Gasteiger partial charge in [0.1, 0.15) is 12.1 Å². The number of primary amides is 1. The van der Waals surface area contributed by atoms with Crippen molar-refractivity contribution >= 4 is 35.4 Å². The van der Waals surface area contributed by atoms with Gasteiger partial charge in [0.2, 0.25) is 23.5 Å². The lowest BCUT2D eigenvalue weighted by Crippen LogP contribution is -2.62. The molecule has 1 saturated heterocycles. The molecule has 1 heterocycles. The molecule has 1 aliphatic heterocycles. The second-order valence-electron chi connectivity index (χ2n) is 15.6. The average Bonchev–Trinajstić information content (AvgIpc) is 3.33. The maximum absolute atomic E-state index is 14.3. The van der Waals surface area contributed by atoms with Gasteiger partial charge in [0.15, 0.2) is 0 Å². The lowest BCUT2D eigenvalue weighted by atomic mass is 9.81. The van der Waals surface area contributed by atoms with Crippen LogP contribution in [0.4, 0.5) is 4.79 Å². The minimum Gasteiger partial charge on any atom is -0.363 e. The van der Waals surface area contributed by atoms with Gasteiger partial charge in [0.25, 0.3) is 5.91 Å². The first-order chi connectivity index (χ1) is 20.6. The molecule has 5 N–H and O–H groups in total. The number of hydrogen-bond donors (Lipinski definition) is 4. The number of rotatable bonds is 13. The van der Waals surface area contributed by atoms with E-state index in [-0.39, 0.29) is 29.7 Å². The highest BCUT2D eigenvalue weighted by Gasteiger charge is 2.48. The van der Waals surface area contributed by atoms with Crippen LogP contribution < -0.4 is 21.7 Å². The van der Waals surface area contributed by atoms with Gasteiger partial charge >= 0.3 is 6.03 Å². The van der Waals surface area contributed by atoms with Gasteiger partial charge in [-0.25, -0.2) is 4.79 Å². The summed E-state index contributed by atoms with van der Waals surface area (Å²) in [4.78, 5) is 81.1. The standard InChI is InChI=1S/C33H58N6O6/c1-19(2)22-16-17-39(25(22)29(43)35-23(26(41)28(34)42)15-14-21-12-11-13-21)30(44)27(33(7,8)9)37-31(45)36-24(32(4,5)6)18-38(10)20(3)40/h19,21-25,27H,11-18H2,1-10H3,(H2,34,42)(H,35,43)(H2,36,37,45)/t22-,23?,24-,25+,27-/m1/s1. The van der Waals surface area contributed by atoms with Crippen molar-refractivity contribution in [1.29, 1.82) is 0 Å². The summed E-state index contributed by atoms with van der Waals surface area (Å²) in [7, 11) is 1.67. The highest BCUT2D eigenvalue weighted by molar-refractivity contribution is 6.37. The van der Waals surface area contributed by atoms with Crippen molar-refractivity contribution in [3.8, 4) is 0 Å². The molecular formula is C33H58N6O6. The van der Waals surface area contributed by atoms with Crippen molar-refractivity contribution < 1.29 is 28.8 Å². The van der Waals surface area contributed by atoms with E-state index in [0.717, 1.165) is 19.3 Å². The maximum Gasteiger partial charge on any atom is 0.315 e. The van der Waals surface area contributed by atoms with Crippen molar-refractivity contribution in [3.63, 3.8) is 0 Å². The van der Waals surface area contributed by atoms with Gasteiger partial charge in [-0.2, -0.15) is 0 Å². The third-order valence-corrected chi connectivity index (χ3v) is 9.55. The quantitative estimate of drug-likeness (QED) is 0.227. The monoisotopic (exact) mass is 634 g/mol. The molecule has 12 heteroatoms. The molecule has 0 radical (unpaired) electrons. The van der Waals surface area contributed by atoms with Crippen LogP contribution in [0.5, 0.6) is 0 Å². The Kier molecular flexibility index (Phi) is 13.0. The van der Waals surface area contributed by atoms with Crippen LogP contribution in [0.1, 0.15) is 101 Å². The molecule has 2 aliphatic rings. The Morgan fingerprint density at radius 2 is 1.51 bits per heavy atom. The molecular weight excluding hydrogens is 576 g/mol. The number of hydrogen-bond acceptors (Lipinski definition) is 6. The number of nitrogens with two attached hydrogens (primary N) is 1. The Hall–Kier alpha value is -3.18. The second kappa shape index (κ2) is 15.4. The third-order valence-electron chi connectivity index (χ3n) is 9.55. The van der Waals surface area contributed by atoms with E-state index in [4.69, 9.17) is 5.73 Å². The van der Waals surface area contributed by atoms with Gasteiger partial charge in [0, 0.05) is 27.1 Å². The van der Waals surface area contributed by atoms with Crippen LogP contribution in [0, 0.1) is 28.6 Å². The molecule has 0 spiro atoms. The van der Waals surface area contributed by atoms with E-state index in [0.29, 0.717) is 31.7 Å². The lowest BCUT2D eigenvalue weighted by Gasteiger charge is -2.38. The summed E-state index contributed by atoms with van der Waals surface area (Å²) in [6.45, 7) is 17.4. The molecule has 0 aromatic rings. The summed E-state index contributed by atoms with van der Waals surface area (Å²) in [5.41, 5.74) is 4.23. The molecule has 6 amide bonds. The number of nitrogens with one attached hydrogen (secondary N) is 3. The minimum absolute atomic E-state index is 0.0500. The molecule has 45 heavy (non-hydrogen) atoms. The Labute approximate surface area is 269 Å². The molecule has 12 nitrogen and oxygen atoms in total. The first-order valence-corrected chi connectivity index (χ1v) is 16.4. The average molecular weight is 635 g/mol. The predicted molar refractivity (Wildman–Crippen MR) is 173 cm³/mol. The molecule has 1 aliphatic carbocycles. The molecule has 1 unspecified atom stereocenters. The van der Waals surface area contributed by atoms with Gasteiger partial charge in [-0.05, 0) is 47.8 Å². The van der Waals surface area contributed by atoms with Crippen LogP contribution in [-0.2, 0) is 24.0 Å². The lowest BCUT2D eigenvalue weighted by molar-refractivity contribution is -0.144. The Morgan fingerprint density at radius 3 is 1.96 bits per heavy atom. The highest BCUT2D eigenvalue weighted by atomic mass is 16.2. The molecule has 2 fully saturated rings. The predicted octanol–water partition coefficient (Wildman–Crippen LogP) is 2.59. The van der Waals surface area contributed by atoms with Gasteiger partial charge in [-0.15, -0.1) is 0 Å². The van der Waals surface area contributed by atoms with Gasteiger partial charge in [0.05, 0.1) is 12.1 Å². The smallest absolute Gasteiger partial charge is 0.315 e. The molecule has 0 aromatic heterocycles. The van der Waals surface area contributed by atoms with Crippen LogP contribution in [0.3, 0.4) is 0 Å². The molecule has 5 atom stereocenters. The van der Waals surface area contributed by atoms with E-state index in [1.54, 1.807) is 7.05 Å². The number of carbonyl (C=O) groups is 6. The summed E-state index contributed by atoms with van der Waals surface area (Å²) >= 11 is 0. The Morgan fingerprint density at radius 1 is 0.911 bits per heavy atom. The molecule has 1 saturated carbocycles. The van der Waals surface area contributed by atoms with Crippen LogP contribution in [0.25, 0.3) is 0 Å². The fraction of sp³-hybridized carbons (Fsp3) is 0.818. The number of carbonyl (C=O) groups excluding carboxylic acids is 6. The molecule has 256 valence electrons. The van der Waals surface area contributed by atoms with E-state index in [1.165, 1.54) is 16.7 Å². The topological polar surface area (TPSA) is 171 Å². The second-order valence-corrected chi connectivity index (χ2v) is 15.6. The summed E-state index contributed by atoms with van der Waals surface area (Å²) in [5, 5.41) is 8.62. The van der Waals surface area contributed by atoms with Crippen LogP contribution in [0.2, 0.25) is 0 Å². The van der Waals surface area contributed by atoms with Crippen LogP contribution >= 0.6 is 0 Å². The van der Waals surface area contributed by atoms with Gasteiger partial charge in [-0.1, -0.05) is 74.7 Å². The van der Waals surface area contributed by atoms with Crippen molar-refractivity contribution in [3.05, 3.63) is 0 Å². The summed E-state index contributed by atoms with van der Waals surface area (Å²) in [5.74, 6) is -2.64. The number of urea groups is 1. The van der Waals surface area contributed by atoms with Crippen molar-refractivity contribution in [2.45, 2.75) is 125 Å². The van der Waals surface area contributed by atoms with Crippen molar-refractivity contribution in [2.75, 3.05) is 20.1 Å². The Balaban J connectivity index is 2.31. The molecule has 2 rings (SSSR count). The van der Waals surface area contributed by atoms with E-state index in [9.17, 15) is 28.8 Å². The summed E-state index contributed by atoms with van der Waals surface area (Å²) in [6, 6.07) is -3.87. The first kappa shape index (κ1) is 38.0. The fourth-order valence-corrected chi connectivity index (χ4v) is 6.06. The normalized spacial score (nSPS) is 20.9. The zero-order chi connectivity index (χ0) is 34.4. The zero-order valence-electron chi connectivity index (χ0n) is 29.1. The number of likely N-dealkylation sites (N-methyl/N-ethyl adjacent to an activating group) is 1. The van der Waals surface area contributed by atoms with E-state index < -0.39 is 59.1 Å². The molecule has 0 bridgehead atoms. The van der Waals surface area contributed by atoms with Gasteiger partial charge in [-0.3, -0.25) is 24.0 Å². The van der Waals surface area contributed by atoms with E-state index in [2.05, 4.69) is 16.0 Å². The number of amides is 6. The minimum atomic E-state index is -1.10. The van der Waals surface area contributed by atoms with E-state index in [1.807, 2.05) is 55.4 Å². The summed E-state index contributed by atoms with van der Waals surface area (Å²) in [6.07, 6.45) is 4.84. The maximum atomic E-state index is 14.3. The van der Waals surface area contributed by atoms with Crippen LogP contribution in [-0.4, -0.2) is 89.5 Å². The van der Waals surface area contributed by atoms with E-state index >= 15 is 0 Å². The zero-order valence-corrected chi connectivity index (χ0v) is 29.1. The SMILES string of the molecule is CC(=O)N(C)C[C@@H](NC(=O)N[C@H](C(=O)N1CC[C@H](C(C)C)[C@H]1C(=O)NC(CCC1CCC1)C(=O)C(N)=O)C(C)(C)C)C(C)(C)C.